The first-order valence-electron chi connectivity index (χ1n) is 16.0. The second kappa shape index (κ2) is 25.8. The van der Waals surface area contributed by atoms with Gasteiger partial charge in [0.15, 0.2) is 0 Å². The smallest absolute Gasteiger partial charge is 0.293 e. The molecule has 0 saturated heterocycles. The summed E-state index contributed by atoms with van der Waals surface area (Å²) in [6, 6.07) is 0. The van der Waals surface area contributed by atoms with Crippen molar-refractivity contribution in [3.8, 4) is 0 Å². The minimum Gasteiger partial charge on any atom is -0.394 e. The van der Waals surface area contributed by atoms with Gasteiger partial charge in [-0.25, -0.2) is 52.7 Å². The van der Waals surface area contributed by atoms with Gasteiger partial charge in [0.05, 0.1) is 52.9 Å². The Kier molecular flexibility index (Phi) is 25.2. The van der Waals surface area contributed by atoms with Crippen molar-refractivity contribution in [2.75, 3.05) is 119 Å². The van der Waals surface area contributed by atoms with Crippen molar-refractivity contribution in [3.63, 3.8) is 0 Å². The number of hydrogen-bond acceptors (Lipinski definition) is 13. The minimum absolute atomic E-state index is 0.619. The Morgan fingerprint density at radius 3 is 0.796 bits per heavy atom. The molecule has 0 aliphatic rings. The van der Waals surface area contributed by atoms with Gasteiger partial charge in [-0.15, -0.1) is 0 Å². The third kappa shape index (κ3) is 29.9. The average Bonchev–Trinajstić information content (AvgIpc) is 3.03. The minimum atomic E-state index is -3.93. The van der Waals surface area contributed by atoms with Gasteiger partial charge in [-0.3, -0.25) is 0 Å². The predicted molar refractivity (Wildman–Crippen MR) is 158 cm³/mol. The van der Waals surface area contributed by atoms with Crippen molar-refractivity contribution in [3.05, 3.63) is 0 Å². The van der Waals surface area contributed by atoms with Crippen LogP contribution in [-0.4, -0.2) is 198 Å². The molecule has 0 rings (SSSR count). The normalized spacial score (nSPS) is 15.5. The zero-order chi connectivity index (χ0) is 41.5. The highest BCUT2D eigenvalue weighted by atomic mass is 19.3. The highest BCUT2D eigenvalue weighted by molar-refractivity contribution is 4.73. The molecule has 2 unspecified atom stereocenters. The Hall–Kier alpha value is -1.36. The molecule has 0 aromatic carbocycles. The molecule has 326 valence electrons. The van der Waals surface area contributed by atoms with Gasteiger partial charge < -0.3 is 63.4 Å². The molecule has 0 spiro atoms. The fraction of sp³-hybridized carbons (Fsp3) is 1.00. The number of halogens is 12. The Balaban J connectivity index is 4.14. The Labute approximate surface area is 302 Å². The number of aliphatic hydroxyl groups is 5. The van der Waals surface area contributed by atoms with Crippen molar-refractivity contribution in [2.24, 2.45) is 0 Å². The van der Waals surface area contributed by atoms with Crippen LogP contribution in [0.4, 0.5) is 52.7 Å². The van der Waals surface area contributed by atoms with Gasteiger partial charge in [0.1, 0.15) is 84.4 Å². The first-order chi connectivity index (χ1) is 24.8. The molecule has 13 nitrogen and oxygen atoms in total. The van der Waals surface area contributed by atoms with Gasteiger partial charge in [-0.05, 0) is 0 Å². The summed E-state index contributed by atoms with van der Waals surface area (Å²) in [5.74, 6) is -22.8. The van der Waals surface area contributed by atoms with Gasteiger partial charge in [-0.1, -0.05) is 0 Å². The second-order valence-corrected chi connectivity index (χ2v) is 12.1. The molecule has 5 N–H and O–H groups in total. The monoisotopic (exact) mass is 832 g/mol. The lowest BCUT2D eigenvalue weighted by Crippen LogP contribution is -2.37. The van der Waals surface area contributed by atoms with Gasteiger partial charge in [-0.2, -0.15) is 0 Å². The van der Waals surface area contributed by atoms with E-state index in [1.54, 1.807) is 0 Å². The maximum absolute atomic E-state index is 13.9. The zero-order valence-electron chi connectivity index (χ0n) is 28.9. The summed E-state index contributed by atoms with van der Waals surface area (Å²) in [7, 11) is 0. The fourth-order valence-electron chi connectivity index (χ4n) is 3.43. The van der Waals surface area contributed by atoms with E-state index in [0.717, 1.165) is 0 Å². The molecule has 25 heteroatoms. The number of ether oxygens (including phenoxy) is 8. The molecule has 0 heterocycles. The number of hydrogen-bond donors (Lipinski definition) is 5. The standard InChI is InChI=1S/C29H48F12O13/c30-24(31,11-51-17-28(38,39)19-53-15-26(34,35)13-49-7-21(44)5-42)1-3-47-9-23(46)10-48-4-2-25(32,33)12-52-18-29(40,41)20-54-16-27(36,37)14-50-8-22(45)6-43/h21-23,42-46H,1-20H2. The SMILES string of the molecule is OCC(O)COCC(F)(F)COCC(F)(F)COCC(F)(F)CCOCC(O)COCCC(F)(F)COCC(F)(F)COCC(F)(F)COCC(O)CO. The number of rotatable bonds is 36. The molecule has 0 aromatic rings. The van der Waals surface area contributed by atoms with E-state index in [9.17, 15) is 57.8 Å². The van der Waals surface area contributed by atoms with Gasteiger partial charge in [0, 0.05) is 12.8 Å². The lowest BCUT2D eigenvalue weighted by atomic mass is 10.2. The molecular weight excluding hydrogens is 784 g/mol. The van der Waals surface area contributed by atoms with Gasteiger partial charge >= 0.3 is 0 Å². The van der Waals surface area contributed by atoms with E-state index in [-0.39, 0.29) is 0 Å². The molecule has 0 saturated carbocycles. The summed E-state index contributed by atoms with van der Waals surface area (Å²) in [5.41, 5.74) is 0. The van der Waals surface area contributed by atoms with Crippen molar-refractivity contribution < 1.29 is 116 Å². The molecule has 0 aliphatic carbocycles. The summed E-state index contributed by atoms with van der Waals surface area (Å²) < 4.78 is 201. The molecule has 0 aromatic heterocycles. The van der Waals surface area contributed by atoms with Crippen LogP contribution < -0.4 is 0 Å². The van der Waals surface area contributed by atoms with Crippen LogP contribution in [0.1, 0.15) is 12.8 Å². The molecule has 54 heavy (non-hydrogen) atoms. The van der Waals surface area contributed by atoms with Crippen LogP contribution >= 0.6 is 0 Å². The summed E-state index contributed by atoms with van der Waals surface area (Å²) in [6.45, 7) is -20.6. The Morgan fingerprint density at radius 1 is 0.315 bits per heavy atom. The maximum atomic E-state index is 13.9. The Bertz CT molecular complexity index is 886. The van der Waals surface area contributed by atoms with E-state index in [4.69, 9.17) is 29.9 Å². The van der Waals surface area contributed by atoms with Crippen molar-refractivity contribution in [2.45, 2.75) is 66.7 Å². The molecule has 0 fully saturated rings. The van der Waals surface area contributed by atoms with Crippen LogP contribution in [0.25, 0.3) is 0 Å². The largest absolute Gasteiger partial charge is 0.394 e. The molecule has 2 atom stereocenters. The highest BCUT2D eigenvalue weighted by Crippen LogP contribution is 2.24. The lowest BCUT2D eigenvalue weighted by molar-refractivity contribution is -0.180. The number of aliphatic hydroxyl groups excluding tert-OH is 5. The first-order valence-corrected chi connectivity index (χ1v) is 16.0. The molecule has 0 radical (unpaired) electrons. The fourth-order valence-corrected chi connectivity index (χ4v) is 3.43. The summed E-state index contributed by atoms with van der Waals surface area (Å²) in [4.78, 5) is 0. The predicted octanol–water partition coefficient (Wildman–Crippen LogP) is 1.78. The summed E-state index contributed by atoms with van der Waals surface area (Å²) in [6.07, 6.45) is -6.49. The van der Waals surface area contributed by atoms with Crippen LogP contribution in [0, 0.1) is 0 Å². The van der Waals surface area contributed by atoms with Crippen LogP contribution in [0.15, 0.2) is 0 Å². The van der Waals surface area contributed by atoms with Crippen LogP contribution in [-0.2, 0) is 37.9 Å². The second-order valence-electron chi connectivity index (χ2n) is 12.1. The highest BCUT2D eigenvalue weighted by Gasteiger charge is 2.38. The van der Waals surface area contributed by atoms with E-state index >= 15 is 0 Å². The van der Waals surface area contributed by atoms with E-state index in [1.807, 2.05) is 0 Å². The van der Waals surface area contributed by atoms with Crippen LogP contribution in [0.3, 0.4) is 0 Å². The third-order valence-electron chi connectivity index (χ3n) is 6.02. The van der Waals surface area contributed by atoms with E-state index in [0.29, 0.717) is 0 Å². The van der Waals surface area contributed by atoms with Crippen molar-refractivity contribution >= 4 is 0 Å². The third-order valence-corrected chi connectivity index (χ3v) is 6.02. The van der Waals surface area contributed by atoms with Gasteiger partial charge in [0.2, 0.25) is 0 Å². The summed E-state index contributed by atoms with van der Waals surface area (Å²) in [5, 5.41) is 44.9. The zero-order valence-corrected chi connectivity index (χ0v) is 28.9. The topological polar surface area (TPSA) is 175 Å². The van der Waals surface area contributed by atoms with Crippen LogP contribution in [0.5, 0.6) is 0 Å². The lowest BCUT2D eigenvalue weighted by Gasteiger charge is -2.22. The molecule has 0 aliphatic heterocycles. The molecule has 0 bridgehead atoms. The van der Waals surface area contributed by atoms with Crippen molar-refractivity contribution in [1.29, 1.82) is 0 Å². The first kappa shape index (κ1) is 52.6. The van der Waals surface area contributed by atoms with Crippen LogP contribution in [0.2, 0.25) is 0 Å². The van der Waals surface area contributed by atoms with E-state index in [1.165, 1.54) is 0 Å². The maximum Gasteiger partial charge on any atom is 0.293 e. The Morgan fingerprint density at radius 2 is 0.537 bits per heavy atom. The van der Waals surface area contributed by atoms with E-state index in [2.05, 4.69) is 28.4 Å². The molecular formula is C29H48F12O13. The number of alkyl halides is 12. The van der Waals surface area contributed by atoms with Crippen molar-refractivity contribution in [1.82, 2.24) is 0 Å². The average molecular weight is 833 g/mol. The summed E-state index contributed by atoms with van der Waals surface area (Å²) >= 11 is 0. The quantitative estimate of drug-likeness (QED) is 0.0457. The van der Waals surface area contributed by atoms with E-state index < -0.39 is 186 Å². The molecule has 0 amide bonds. The van der Waals surface area contributed by atoms with Gasteiger partial charge in [0.25, 0.3) is 35.5 Å².